The minimum absolute atomic E-state index is 0.0674. The van der Waals surface area contributed by atoms with E-state index in [9.17, 15) is 9.90 Å². The summed E-state index contributed by atoms with van der Waals surface area (Å²) in [6.07, 6.45) is 5.12. The van der Waals surface area contributed by atoms with Gasteiger partial charge in [0.25, 0.3) is 5.56 Å². The number of hydrogen-bond donors (Lipinski definition) is 3. The van der Waals surface area contributed by atoms with E-state index in [-0.39, 0.29) is 22.6 Å². The van der Waals surface area contributed by atoms with Crippen LogP contribution in [0.5, 0.6) is 0 Å². The van der Waals surface area contributed by atoms with Crippen LogP contribution < -0.4 is 10.9 Å². The molecule has 2 rings (SSSR count). The highest BCUT2D eigenvalue weighted by Gasteiger charge is 2.23. The standard InChI is InChI=1S/C11H16ClN3O2/c12-9-10(14-6-15-11(9)17)13-5-7-3-1-2-4-8(7)16/h6-8,16H,1-5H2,(H2,13,14,15,17). The number of H-pyrrole nitrogens is 1. The van der Waals surface area contributed by atoms with Crippen molar-refractivity contribution in [3.05, 3.63) is 21.7 Å². The number of halogens is 1. The zero-order chi connectivity index (χ0) is 12.3. The molecule has 0 bridgehead atoms. The fraction of sp³-hybridized carbons (Fsp3) is 0.636. The average Bonchev–Trinajstić information content (AvgIpc) is 2.33. The Hall–Kier alpha value is -1.07. The highest BCUT2D eigenvalue weighted by Crippen LogP contribution is 2.25. The second-order valence-electron chi connectivity index (χ2n) is 4.39. The first-order chi connectivity index (χ1) is 8.18. The van der Waals surface area contributed by atoms with Gasteiger partial charge in [0.15, 0.2) is 5.82 Å². The van der Waals surface area contributed by atoms with Gasteiger partial charge < -0.3 is 15.4 Å². The van der Waals surface area contributed by atoms with Crippen LogP contribution in [0, 0.1) is 5.92 Å². The summed E-state index contributed by atoms with van der Waals surface area (Å²) in [6.45, 7) is 0.595. The van der Waals surface area contributed by atoms with Gasteiger partial charge in [-0.05, 0) is 12.8 Å². The quantitative estimate of drug-likeness (QED) is 0.765. The zero-order valence-electron chi connectivity index (χ0n) is 9.45. The van der Waals surface area contributed by atoms with E-state index in [2.05, 4.69) is 15.3 Å². The van der Waals surface area contributed by atoms with Crippen molar-refractivity contribution in [2.45, 2.75) is 31.8 Å². The van der Waals surface area contributed by atoms with E-state index in [4.69, 9.17) is 11.6 Å². The normalized spacial score (nSPS) is 24.6. The van der Waals surface area contributed by atoms with Crippen LogP contribution in [-0.4, -0.2) is 27.7 Å². The Labute approximate surface area is 104 Å². The van der Waals surface area contributed by atoms with Crippen LogP contribution in [-0.2, 0) is 0 Å². The highest BCUT2D eigenvalue weighted by molar-refractivity contribution is 6.32. The molecular formula is C11H16ClN3O2. The van der Waals surface area contributed by atoms with Crippen molar-refractivity contribution in [3.63, 3.8) is 0 Å². The largest absolute Gasteiger partial charge is 0.393 e. The monoisotopic (exact) mass is 257 g/mol. The Morgan fingerprint density at radius 2 is 2.29 bits per heavy atom. The molecule has 0 amide bonds. The lowest BCUT2D eigenvalue weighted by molar-refractivity contribution is 0.0763. The zero-order valence-corrected chi connectivity index (χ0v) is 10.2. The first kappa shape index (κ1) is 12.4. The number of nitrogens with one attached hydrogen (secondary N) is 2. The maximum absolute atomic E-state index is 11.2. The molecule has 6 heteroatoms. The summed E-state index contributed by atoms with van der Waals surface area (Å²) in [5.41, 5.74) is -0.353. The van der Waals surface area contributed by atoms with Crippen molar-refractivity contribution < 1.29 is 5.11 Å². The number of hydrogen-bond acceptors (Lipinski definition) is 4. The second-order valence-corrected chi connectivity index (χ2v) is 4.76. The van der Waals surface area contributed by atoms with Crippen LogP contribution in [0.15, 0.2) is 11.1 Å². The Morgan fingerprint density at radius 3 is 3.06 bits per heavy atom. The van der Waals surface area contributed by atoms with Crippen LogP contribution >= 0.6 is 11.6 Å². The molecule has 1 fully saturated rings. The SMILES string of the molecule is O=c1[nH]cnc(NCC2CCCCC2O)c1Cl. The smallest absolute Gasteiger partial charge is 0.271 e. The van der Waals surface area contributed by atoms with Crippen molar-refractivity contribution in [2.75, 3.05) is 11.9 Å². The lowest BCUT2D eigenvalue weighted by atomic mass is 9.86. The molecule has 1 aliphatic rings. The summed E-state index contributed by atoms with van der Waals surface area (Å²) in [4.78, 5) is 17.6. The molecule has 3 N–H and O–H groups in total. The molecule has 0 aliphatic heterocycles. The number of nitrogens with zero attached hydrogens (tertiary/aromatic N) is 1. The number of aliphatic hydroxyl groups is 1. The van der Waals surface area contributed by atoms with Crippen LogP contribution in [0.1, 0.15) is 25.7 Å². The van der Waals surface area contributed by atoms with Crippen LogP contribution in [0.2, 0.25) is 5.02 Å². The molecule has 2 unspecified atom stereocenters. The molecule has 0 spiro atoms. The molecule has 1 aliphatic carbocycles. The lowest BCUT2D eigenvalue weighted by Crippen LogP contribution is -2.30. The number of aliphatic hydroxyl groups excluding tert-OH is 1. The Kier molecular flexibility index (Phi) is 4.02. The highest BCUT2D eigenvalue weighted by atomic mass is 35.5. The van der Waals surface area contributed by atoms with Crippen molar-refractivity contribution in [1.29, 1.82) is 0 Å². The van der Waals surface area contributed by atoms with Gasteiger partial charge in [-0.2, -0.15) is 0 Å². The molecule has 0 aromatic carbocycles. The minimum Gasteiger partial charge on any atom is -0.393 e. The molecule has 0 radical (unpaired) electrons. The van der Waals surface area contributed by atoms with E-state index in [1.807, 2.05) is 0 Å². The van der Waals surface area contributed by atoms with Gasteiger partial charge in [-0.1, -0.05) is 24.4 Å². The van der Waals surface area contributed by atoms with Crippen molar-refractivity contribution in [3.8, 4) is 0 Å². The van der Waals surface area contributed by atoms with E-state index in [0.717, 1.165) is 25.7 Å². The third-order valence-electron chi connectivity index (χ3n) is 3.20. The summed E-state index contributed by atoms with van der Waals surface area (Å²) in [5.74, 6) is 0.592. The fourth-order valence-corrected chi connectivity index (χ4v) is 2.33. The Bertz CT molecular complexity index is 435. The van der Waals surface area contributed by atoms with Crippen molar-refractivity contribution in [2.24, 2.45) is 5.92 Å². The molecule has 94 valence electrons. The van der Waals surface area contributed by atoms with Gasteiger partial charge in [0.1, 0.15) is 5.02 Å². The molecule has 17 heavy (non-hydrogen) atoms. The summed E-state index contributed by atoms with van der Waals surface area (Å²) < 4.78 is 0. The molecule has 2 atom stereocenters. The van der Waals surface area contributed by atoms with Gasteiger partial charge >= 0.3 is 0 Å². The predicted molar refractivity (Wildman–Crippen MR) is 66.3 cm³/mol. The predicted octanol–water partition coefficient (Wildman–Crippen LogP) is 1.39. The van der Waals surface area contributed by atoms with Crippen LogP contribution in [0.25, 0.3) is 0 Å². The van der Waals surface area contributed by atoms with Gasteiger partial charge in [0.05, 0.1) is 12.4 Å². The maximum Gasteiger partial charge on any atom is 0.271 e. The third kappa shape index (κ3) is 2.98. The minimum atomic E-state index is -0.353. The fourth-order valence-electron chi connectivity index (χ4n) is 2.16. The Balaban J connectivity index is 1.97. The summed E-state index contributed by atoms with van der Waals surface area (Å²) in [6, 6.07) is 0. The maximum atomic E-state index is 11.2. The van der Waals surface area contributed by atoms with E-state index in [0.29, 0.717) is 12.4 Å². The molecule has 1 aromatic heterocycles. The summed E-state index contributed by atoms with van der Waals surface area (Å²) in [5, 5.41) is 12.9. The van der Waals surface area contributed by atoms with Crippen molar-refractivity contribution in [1.82, 2.24) is 9.97 Å². The number of aromatic amines is 1. The van der Waals surface area contributed by atoms with E-state index in [1.165, 1.54) is 6.33 Å². The first-order valence-corrected chi connectivity index (χ1v) is 6.21. The van der Waals surface area contributed by atoms with Gasteiger partial charge in [-0.25, -0.2) is 4.98 Å². The summed E-state index contributed by atoms with van der Waals surface area (Å²) >= 11 is 5.82. The van der Waals surface area contributed by atoms with Crippen LogP contribution in [0.4, 0.5) is 5.82 Å². The van der Waals surface area contributed by atoms with Gasteiger partial charge in [-0.15, -0.1) is 0 Å². The first-order valence-electron chi connectivity index (χ1n) is 5.83. The number of aromatic nitrogens is 2. The molecule has 1 heterocycles. The lowest BCUT2D eigenvalue weighted by Gasteiger charge is -2.27. The summed E-state index contributed by atoms with van der Waals surface area (Å²) in [7, 11) is 0. The molecule has 1 saturated carbocycles. The topological polar surface area (TPSA) is 78.0 Å². The van der Waals surface area contributed by atoms with E-state index in [1.54, 1.807) is 0 Å². The Morgan fingerprint density at radius 1 is 1.53 bits per heavy atom. The van der Waals surface area contributed by atoms with E-state index < -0.39 is 0 Å². The molecular weight excluding hydrogens is 242 g/mol. The second kappa shape index (κ2) is 5.51. The number of anilines is 1. The van der Waals surface area contributed by atoms with Gasteiger partial charge in [0, 0.05) is 12.5 Å². The van der Waals surface area contributed by atoms with Gasteiger partial charge in [-0.3, -0.25) is 4.79 Å². The van der Waals surface area contributed by atoms with Crippen molar-refractivity contribution >= 4 is 17.4 Å². The molecule has 1 aromatic rings. The third-order valence-corrected chi connectivity index (χ3v) is 3.55. The average molecular weight is 258 g/mol. The van der Waals surface area contributed by atoms with Crippen LogP contribution in [0.3, 0.4) is 0 Å². The molecule has 0 saturated heterocycles. The number of rotatable bonds is 3. The van der Waals surface area contributed by atoms with E-state index >= 15 is 0 Å². The van der Waals surface area contributed by atoms with Gasteiger partial charge in [0.2, 0.25) is 0 Å². The molecule has 5 nitrogen and oxygen atoms in total.